The van der Waals surface area contributed by atoms with E-state index in [0.717, 1.165) is 17.5 Å². The molecule has 3 aromatic rings. The molecule has 104 valence electrons. The number of carbonyl (C=O) groups is 1. The number of ether oxygens (including phenoxy) is 1. The fourth-order valence-corrected chi connectivity index (χ4v) is 2.19. The number of carbonyl (C=O) groups excluding carboxylic acids is 1. The summed E-state index contributed by atoms with van der Waals surface area (Å²) < 4.78 is 7.83. The molecule has 0 unspecified atom stereocenters. The Kier molecular flexibility index (Phi) is 3.51. The van der Waals surface area contributed by atoms with E-state index in [9.17, 15) is 4.79 Å². The van der Waals surface area contributed by atoms with E-state index in [1.54, 1.807) is 18.6 Å². The van der Waals surface area contributed by atoms with E-state index in [2.05, 4.69) is 4.98 Å². The summed E-state index contributed by atoms with van der Waals surface area (Å²) in [6, 6.07) is 14.9. The molecule has 0 atom stereocenters. The zero-order valence-corrected chi connectivity index (χ0v) is 11.6. The molecule has 0 aliphatic rings. The molecule has 4 heteroatoms. The first kappa shape index (κ1) is 13.1. The number of nitrogens with zero attached hydrogens (tertiary/aromatic N) is 2. The molecule has 0 radical (unpaired) electrons. The lowest BCUT2D eigenvalue weighted by molar-refractivity contribution is 0.112. The Hall–Kier alpha value is -2.88. The first-order valence-electron chi connectivity index (χ1n) is 6.57. The zero-order chi connectivity index (χ0) is 14.7. The van der Waals surface area contributed by atoms with Crippen molar-refractivity contribution in [3.05, 3.63) is 66.6 Å². The highest BCUT2D eigenvalue weighted by atomic mass is 16.5. The number of aryl methyl sites for hydroxylation is 1. The van der Waals surface area contributed by atoms with Gasteiger partial charge in [-0.2, -0.15) is 0 Å². The van der Waals surface area contributed by atoms with Crippen LogP contribution in [0.15, 0.2) is 61.1 Å². The SMILES string of the molecule is Cn1cncc1-c1cccc(C=O)c1Oc1ccccc1. The van der Waals surface area contributed by atoms with Crippen molar-refractivity contribution in [1.29, 1.82) is 0 Å². The van der Waals surface area contributed by atoms with Crippen molar-refractivity contribution < 1.29 is 9.53 Å². The third kappa shape index (κ3) is 2.56. The Labute approximate surface area is 122 Å². The molecule has 0 bridgehead atoms. The number of benzene rings is 2. The van der Waals surface area contributed by atoms with Gasteiger partial charge in [-0.3, -0.25) is 4.79 Å². The van der Waals surface area contributed by atoms with Crippen LogP contribution < -0.4 is 4.74 Å². The van der Waals surface area contributed by atoms with E-state index in [0.29, 0.717) is 17.1 Å². The van der Waals surface area contributed by atoms with E-state index in [-0.39, 0.29) is 0 Å². The van der Waals surface area contributed by atoms with E-state index < -0.39 is 0 Å². The van der Waals surface area contributed by atoms with Crippen LogP contribution in [0.1, 0.15) is 10.4 Å². The molecule has 0 amide bonds. The summed E-state index contributed by atoms with van der Waals surface area (Å²) in [6.45, 7) is 0. The molecule has 0 spiro atoms. The van der Waals surface area contributed by atoms with Gasteiger partial charge < -0.3 is 9.30 Å². The molecular formula is C17H14N2O2. The second-order valence-electron chi connectivity index (χ2n) is 4.65. The van der Waals surface area contributed by atoms with Crippen molar-refractivity contribution in [2.45, 2.75) is 0 Å². The van der Waals surface area contributed by atoms with Crippen LogP contribution in [-0.4, -0.2) is 15.8 Å². The minimum Gasteiger partial charge on any atom is -0.456 e. The van der Waals surface area contributed by atoms with E-state index in [1.165, 1.54) is 0 Å². The molecule has 3 rings (SSSR count). The fraction of sp³-hybridized carbons (Fsp3) is 0.0588. The third-order valence-electron chi connectivity index (χ3n) is 3.23. The van der Waals surface area contributed by atoms with Crippen LogP contribution in [0.4, 0.5) is 0 Å². The molecule has 0 saturated heterocycles. The molecule has 0 aliphatic heterocycles. The lowest BCUT2D eigenvalue weighted by Crippen LogP contribution is -1.96. The number of hydrogen-bond donors (Lipinski definition) is 0. The van der Waals surface area contributed by atoms with Crippen LogP contribution in [0.5, 0.6) is 11.5 Å². The standard InChI is InChI=1S/C17H14N2O2/c1-19-12-18-10-16(19)15-9-5-6-13(11-20)17(15)21-14-7-3-2-4-8-14/h2-12H,1H3. The van der Waals surface area contributed by atoms with Gasteiger partial charge in [0.15, 0.2) is 6.29 Å². The number of para-hydroxylation sites is 2. The number of aromatic nitrogens is 2. The molecule has 0 N–H and O–H groups in total. The van der Waals surface area contributed by atoms with Crippen molar-refractivity contribution in [2.24, 2.45) is 7.05 Å². The number of hydrogen-bond acceptors (Lipinski definition) is 3. The second kappa shape index (κ2) is 5.63. The van der Waals surface area contributed by atoms with Crippen LogP contribution in [0.25, 0.3) is 11.3 Å². The van der Waals surface area contributed by atoms with Crippen LogP contribution >= 0.6 is 0 Å². The summed E-state index contributed by atoms with van der Waals surface area (Å²) in [7, 11) is 1.90. The topological polar surface area (TPSA) is 44.1 Å². The van der Waals surface area contributed by atoms with Gasteiger partial charge in [0, 0.05) is 12.6 Å². The van der Waals surface area contributed by atoms with Crippen LogP contribution in [0.2, 0.25) is 0 Å². The summed E-state index contributed by atoms with van der Waals surface area (Å²) in [5.41, 5.74) is 2.24. The van der Waals surface area contributed by atoms with Gasteiger partial charge in [0.05, 0.1) is 23.8 Å². The van der Waals surface area contributed by atoms with Crippen molar-refractivity contribution in [3.8, 4) is 22.8 Å². The molecule has 0 fully saturated rings. The first-order chi connectivity index (χ1) is 10.3. The maximum Gasteiger partial charge on any atom is 0.153 e. The van der Waals surface area contributed by atoms with Gasteiger partial charge in [-0.05, 0) is 24.3 Å². The van der Waals surface area contributed by atoms with Gasteiger partial charge in [-0.15, -0.1) is 0 Å². The smallest absolute Gasteiger partial charge is 0.153 e. The molecule has 0 aliphatic carbocycles. The average Bonchev–Trinajstić information content (AvgIpc) is 2.94. The normalized spacial score (nSPS) is 10.3. The Balaban J connectivity index is 2.13. The zero-order valence-electron chi connectivity index (χ0n) is 11.6. The van der Waals surface area contributed by atoms with Gasteiger partial charge >= 0.3 is 0 Å². The van der Waals surface area contributed by atoms with Crippen LogP contribution in [0, 0.1) is 0 Å². The van der Waals surface area contributed by atoms with Crippen molar-refractivity contribution in [2.75, 3.05) is 0 Å². The Morgan fingerprint density at radius 1 is 1.10 bits per heavy atom. The predicted octanol–water partition coefficient (Wildman–Crippen LogP) is 3.69. The summed E-state index contributed by atoms with van der Waals surface area (Å²) in [5.74, 6) is 1.23. The Bertz CT molecular complexity index is 763. The van der Waals surface area contributed by atoms with Crippen LogP contribution in [-0.2, 0) is 7.05 Å². The minimum atomic E-state index is 0.512. The highest BCUT2D eigenvalue weighted by Gasteiger charge is 2.14. The monoisotopic (exact) mass is 278 g/mol. The van der Waals surface area contributed by atoms with Crippen LogP contribution in [0.3, 0.4) is 0 Å². The van der Waals surface area contributed by atoms with Gasteiger partial charge in [0.2, 0.25) is 0 Å². The summed E-state index contributed by atoms with van der Waals surface area (Å²) in [6.07, 6.45) is 4.27. The predicted molar refractivity (Wildman–Crippen MR) is 80.5 cm³/mol. The van der Waals surface area contributed by atoms with Gasteiger partial charge in [-0.1, -0.05) is 24.3 Å². The third-order valence-corrected chi connectivity index (χ3v) is 3.23. The Morgan fingerprint density at radius 3 is 2.57 bits per heavy atom. The molecule has 1 aromatic heterocycles. The number of imidazole rings is 1. The molecular weight excluding hydrogens is 264 g/mol. The highest BCUT2D eigenvalue weighted by Crippen LogP contribution is 2.35. The van der Waals surface area contributed by atoms with Gasteiger partial charge in [0.1, 0.15) is 11.5 Å². The van der Waals surface area contributed by atoms with E-state index in [4.69, 9.17) is 4.74 Å². The Morgan fingerprint density at radius 2 is 1.90 bits per heavy atom. The highest BCUT2D eigenvalue weighted by molar-refractivity contribution is 5.85. The molecule has 1 heterocycles. The van der Waals surface area contributed by atoms with Crippen molar-refractivity contribution >= 4 is 6.29 Å². The summed E-state index contributed by atoms with van der Waals surface area (Å²) in [4.78, 5) is 15.4. The average molecular weight is 278 g/mol. The molecule has 2 aromatic carbocycles. The first-order valence-corrected chi connectivity index (χ1v) is 6.57. The van der Waals surface area contributed by atoms with E-state index >= 15 is 0 Å². The lowest BCUT2D eigenvalue weighted by atomic mass is 10.1. The van der Waals surface area contributed by atoms with Gasteiger partial charge in [0.25, 0.3) is 0 Å². The maximum absolute atomic E-state index is 11.3. The molecule has 21 heavy (non-hydrogen) atoms. The quantitative estimate of drug-likeness (QED) is 0.684. The second-order valence-corrected chi connectivity index (χ2v) is 4.65. The maximum atomic E-state index is 11.3. The lowest BCUT2D eigenvalue weighted by Gasteiger charge is -2.13. The largest absolute Gasteiger partial charge is 0.456 e. The summed E-state index contributed by atoms with van der Waals surface area (Å²) in [5, 5.41) is 0. The van der Waals surface area contributed by atoms with Crippen molar-refractivity contribution in [3.63, 3.8) is 0 Å². The number of rotatable bonds is 4. The number of aldehydes is 1. The molecule has 4 nitrogen and oxygen atoms in total. The van der Waals surface area contributed by atoms with E-state index in [1.807, 2.05) is 54.1 Å². The van der Waals surface area contributed by atoms with Gasteiger partial charge in [-0.25, -0.2) is 4.98 Å². The minimum absolute atomic E-state index is 0.512. The summed E-state index contributed by atoms with van der Waals surface area (Å²) >= 11 is 0. The molecule has 0 saturated carbocycles. The van der Waals surface area contributed by atoms with Crippen molar-refractivity contribution in [1.82, 2.24) is 9.55 Å². The fourth-order valence-electron chi connectivity index (χ4n) is 2.19.